The van der Waals surface area contributed by atoms with Gasteiger partial charge >= 0.3 is 12.3 Å². The molecule has 1 fully saturated rings. The lowest BCUT2D eigenvalue weighted by atomic mass is 9.96. The second-order valence-electron chi connectivity index (χ2n) is 12.1. The van der Waals surface area contributed by atoms with Crippen LogP contribution in [0.25, 0.3) is 11.1 Å². The van der Waals surface area contributed by atoms with Crippen molar-refractivity contribution in [2.75, 3.05) is 20.1 Å². The molecule has 10 heteroatoms. The Morgan fingerprint density at radius 3 is 2.21 bits per heavy atom. The van der Waals surface area contributed by atoms with Crippen molar-refractivity contribution >= 4 is 23.6 Å². The standard InChI is InChI=1S/C28H37ClF3N3O3/c1-26(2,3)17-33(7)24(36)23-21(18-10-12-19(29)13-11-18)15-22(28(30,31)32)35(23)16-20-9-8-14-34(20)25(37)38-27(4,5)6/h10-13,15,20H,8-9,14,16-17H2,1-7H3. The van der Waals surface area contributed by atoms with Gasteiger partial charge in [-0.3, -0.25) is 4.79 Å². The zero-order chi connectivity index (χ0) is 28.6. The summed E-state index contributed by atoms with van der Waals surface area (Å²) in [5.41, 5.74) is -1.40. The molecule has 2 heterocycles. The molecular formula is C28H37ClF3N3O3. The predicted molar refractivity (Wildman–Crippen MR) is 142 cm³/mol. The number of carbonyl (C=O) groups excluding carboxylic acids is 2. The van der Waals surface area contributed by atoms with Gasteiger partial charge in [0.1, 0.15) is 17.0 Å². The summed E-state index contributed by atoms with van der Waals surface area (Å²) in [6, 6.07) is 6.83. The Kier molecular flexibility index (Phi) is 8.51. The molecule has 1 unspecified atom stereocenters. The van der Waals surface area contributed by atoms with E-state index in [1.54, 1.807) is 52.1 Å². The van der Waals surface area contributed by atoms with Gasteiger partial charge in [0.15, 0.2) is 0 Å². The lowest BCUT2D eigenvalue weighted by Crippen LogP contribution is -2.42. The maximum Gasteiger partial charge on any atom is 0.431 e. The molecule has 1 saturated heterocycles. The van der Waals surface area contributed by atoms with E-state index >= 15 is 0 Å². The van der Waals surface area contributed by atoms with Gasteiger partial charge in [-0.1, -0.05) is 44.5 Å². The third kappa shape index (κ3) is 7.24. The summed E-state index contributed by atoms with van der Waals surface area (Å²) >= 11 is 6.03. The van der Waals surface area contributed by atoms with Crippen LogP contribution in [0.4, 0.5) is 18.0 Å². The average molecular weight is 556 g/mol. The van der Waals surface area contributed by atoms with Crippen LogP contribution >= 0.6 is 11.6 Å². The van der Waals surface area contributed by atoms with E-state index in [9.17, 15) is 22.8 Å². The maximum absolute atomic E-state index is 14.4. The Morgan fingerprint density at radius 1 is 1.08 bits per heavy atom. The lowest BCUT2D eigenvalue weighted by Gasteiger charge is -2.31. The highest BCUT2D eigenvalue weighted by atomic mass is 35.5. The fourth-order valence-electron chi connectivity index (χ4n) is 4.81. The van der Waals surface area contributed by atoms with Crippen molar-refractivity contribution in [1.82, 2.24) is 14.4 Å². The Bertz CT molecular complexity index is 1160. The summed E-state index contributed by atoms with van der Waals surface area (Å²) < 4.78 is 49.9. The van der Waals surface area contributed by atoms with Crippen LogP contribution in [-0.2, 0) is 17.5 Å². The summed E-state index contributed by atoms with van der Waals surface area (Å²) in [5.74, 6) is -0.526. The van der Waals surface area contributed by atoms with Crippen molar-refractivity contribution < 1.29 is 27.5 Å². The van der Waals surface area contributed by atoms with Crippen LogP contribution in [0.5, 0.6) is 0 Å². The van der Waals surface area contributed by atoms with Crippen molar-refractivity contribution in [3.8, 4) is 11.1 Å². The number of aromatic nitrogens is 1. The summed E-state index contributed by atoms with van der Waals surface area (Å²) in [4.78, 5) is 29.6. The fourth-order valence-corrected chi connectivity index (χ4v) is 4.94. The topological polar surface area (TPSA) is 54.8 Å². The van der Waals surface area contributed by atoms with Crippen molar-refractivity contribution in [3.63, 3.8) is 0 Å². The molecule has 6 nitrogen and oxygen atoms in total. The van der Waals surface area contributed by atoms with Gasteiger partial charge in [0.25, 0.3) is 5.91 Å². The first-order valence-corrected chi connectivity index (χ1v) is 13.1. The van der Waals surface area contributed by atoms with Gasteiger partial charge in [0.05, 0.1) is 6.04 Å². The number of benzene rings is 1. The van der Waals surface area contributed by atoms with Gasteiger partial charge < -0.3 is 19.1 Å². The van der Waals surface area contributed by atoms with E-state index in [0.29, 0.717) is 36.5 Å². The van der Waals surface area contributed by atoms with Crippen LogP contribution in [-0.4, -0.2) is 58.1 Å². The maximum atomic E-state index is 14.4. The summed E-state index contributed by atoms with van der Waals surface area (Å²) in [5, 5.41) is 0.431. The van der Waals surface area contributed by atoms with Crippen molar-refractivity contribution in [1.29, 1.82) is 0 Å². The van der Waals surface area contributed by atoms with E-state index in [1.165, 1.54) is 9.80 Å². The second-order valence-corrected chi connectivity index (χ2v) is 12.5. The average Bonchev–Trinajstić information content (AvgIpc) is 3.36. The van der Waals surface area contributed by atoms with E-state index < -0.39 is 35.5 Å². The number of alkyl halides is 3. The minimum absolute atomic E-state index is 0.0672. The van der Waals surface area contributed by atoms with Crippen LogP contribution in [0.15, 0.2) is 30.3 Å². The molecule has 210 valence electrons. The van der Waals surface area contributed by atoms with Crippen LogP contribution in [0.3, 0.4) is 0 Å². The van der Waals surface area contributed by atoms with E-state index in [-0.39, 0.29) is 23.2 Å². The third-order valence-corrected chi connectivity index (χ3v) is 6.45. The minimum atomic E-state index is -4.72. The van der Waals surface area contributed by atoms with Gasteiger partial charge in [-0.2, -0.15) is 13.2 Å². The smallest absolute Gasteiger partial charge is 0.431 e. The molecule has 2 amide bonds. The molecule has 1 aliphatic rings. The highest BCUT2D eigenvalue weighted by Gasteiger charge is 2.41. The zero-order valence-electron chi connectivity index (χ0n) is 23.1. The quantitative estimate of drug-likeness (QED) is 0.388. The van der Waals surface area contributed by atoms with Gasteiger partial charge in [-0.15, -0.1) is 0 Å². The Balaban J connectivity index is 2.15. The largest absolute Gasteiger partial charge is 0.444 e. The molecule has 0 aliphatic carbocycles. The number of carbonyl (C=O) groups is 2. The molecule has 1 aliphatic heterocycles. The van der Waals surface area contributed by atoms with E-state index in [4.69, 9.17) is 16.3 Å². The molecule has 1 atom stereocenters. The molecule has 2 aromatic rings. The Hall–Kier alpha value is -2.68. The summed E-state index contributed by atoms with van der Waals surface area (Å²) in [7, 11) is 1.59. The summed E-state index contributed by atoms with van der Waals surface area (Å²) in [6.45, 7) is 11.6. The number of hydrogen-bond donors (Lipinski definition) is 0. The molecule has 1 aromatic heterocycles. The Morgan fingerprint density at radius 2 is 1.68 bits per heavy atom. The first kappa shape index (κ1) is 29.9. The predicted octanol–water partition coefficient (Wildman–Crippen LogP) is 7.34. The van der Waals surface area contributed by atoms with E-state index in [2.05, 4.69) is 0 Å². The highest BCUT2D eigenvalue weighted by Crippen LogP contribution is 2.39. The fraction of sp³-hybridized carbons (Fsp3) is 0.571. The van der Waals surface area contributed by atoms with Gasteiger partial charge in [0.2, 0.25) is 0 Å². The van der Waals surface area contributed by atoms with Crippen LogP contribution in [0.1, 0.15) is 70.6 Å². The SMILES string of the molecule is CN(CC(C)(C)C)C(=O)c1c(-c2ccc(Cl)cc2)cc(C(F)(F)F)n1CC1CCCN1C(=O)OC(C)(C)C. The molecule has 0 N–H and O–H groups in total. The molecule has 0 radical (unpaired) electrons. The van der Waals surface area contributed by atoms with Crippen LogP contribution < -0.4 is 0 Å². The van der Waals surface area contributed by atoms with Crippen LogP contribution in [0, 0.1) is 5.41 Å². The first-order chi connectivity index (χ1) is 17.4. The number of likely N-dealkylation sites (tertiary alicyclic amines) is 1. The number of rotatable bonds is 5. The molecule has 0 saturated carbocycles. The minimum Gasteiger partial charge on any atom is -0.444 e. The van der Waals surface area contributed by atoms with Gasteiger partial charge in [0, 0.05) is 37.3 Å². The summed E-state index contributed by atoms with van der Waals surface area (Å²) in [6.07, 6.45) is -4.17. The molecule has 3 rings (SSSR count). The normalized spacial score (nSPS) is 16.6. The van der Waals surface area contributed by atoms with Crippen molar-refractivity contribution in [2.45, 2.75) is 78.7 Å². The number of hydrogen-bond acceptors (Lipinski definition) is 3. The number of ether oxygens (including phenoxy) is 1. The highest BCUT2D eigenvalue weighted by molar-refractivity contribution is 6.30. The monoisotopic (exact) mass is 555 g/mol. The van der Waals surface area contributed by atoms with Crippen molar-refractivity contribution in [2.24, 2.45) is 5.41 Å². The second kappa shape index (κ2) is 10.8. The van der Waals surface area contributed by atoms with E-state index in [0.717, 1.165) is 10.6 Å². The molecule has 0 bridgehead atoms. The molecule has 38 heavy (non-hydrogen) atoms. The zero-order valence-corrected chi connectivity index (χ0v) is 23.8. The Labute approximate surface area is 227 Å². The van der Waals surface area contributed by atoms with Gasteiger partial charge in [-0.25, -0.2) is 4.79 Å². The first-order valence-electron chi connectivity index (χ1n) is 12.7. The number of amides is 2. The number of halogens is 4. The molecular weight excluding hydrogens is 519 g/mol. The molecule has 0 spiro atoms. The van der Waals surface area contributed by atoms with Gasteiger partial charge in [-0.05, 0) is 62.8 Å². The number of nitrogens with zero attached hydrogens (tertiary/aromatic N) is 3. The third-order valence-electron chi connectivity index (χ3n) is 6.20. The van der Waals surface area contributed by atoms with Crippen molar-refractivity contribution in [3.05, 3.63) is 46.7 Å². The molecule has 1 aromatic carbocycles. The van der Waals surface area contributed by atoms with Crippen LogP contribution in [0.2, 0.25) is 5.02 Å². The lowest BCUT2D eigenvalue weighted by molar-refractivity contribution is -0.143. The van der Waals surface area contributed by atoms with E-state index in [1.807, 2.05) is 20.8 Å².